The van der Waals surface area contributed by atoms with E-state index in [1.165, 1.54) is 5.57 Å². The third-order valence-electron chi connectivity index (χ3n) is 9.93. The highest BCUT2D eigenvalue weighted by atomic mass is 16.3. The van der Waals surface area contributed by atoms with Crippen LogP contribution in [0.25, 0.3) is 0 Å². The van der Waals surface area contributed by atoms with Crippen molar-refractivity contribution in [1.29, 1.82) is 0 Å². The van der Waals surface area contributed by atoms with Crippen LogP contribution in [0.15, 0.2) is 23.3 Å². The topological polar surface area (TPSA) is 101 Å². The van der Waals surface area contributed by atoms with Gasteiger partial charge in [0.2, 0.25) is 0 Å². The maximum atomic E-state index is 11.5. The number of aliphatic hydroxyl groups is 5. The monoisotopic (exact) mass is 448 g/mol. The maximum absolute atomic E-state index is 11.5. The van der Waals surface area contributed by atoms with E-state index in [9.17, 15) is 25.5 Å². The van der Waals surface area contributed by atoms with E-state index >= 15 is 0 Å². The van der Waals surface area contributed by atoms with Crippen LogP contribution in [-0.2, 0) is 0 Å². The van der Waals surface area contributed by atoms with Crippen molar-refractivity contribution >= 4 is 0 Å². The largest absolute Gasteiger partial charge is 0.393 e. The Labute approximate surface area is 193 Å². The summed E-state index contributed by atoms with van der Waals surface area (Å²) >= 11 is 0. The molecule has 2 saturated carbocycles. The molecule has 0 spiro atoms. The summed E-state index contributed by atoms with van der Waals surface area (Å²) < 4.78 is 0. The molecule has 0 aromatic heterocycles. The second-order valence-corrected chi connectivity index (χ2v) is 12.7. The first-order chi connectivity index (χ1) is 14.6. The van der Waals surface area contributed by atoms with Gasteiger partial charge in [-0.2, -0.15) is 0 Å². The number of hydrogen-bond donors (Lipinski definition) is 5. The van der Waals surface area contributed by atoms with E-state index in [0.29, 0.717) is 25.7 Å². The molecule has 0 aromatic rings. The molecule has 0 unspecified atom stereocenters. The molecule has 5 heteroatoms. The van der Waals surface area contributed by atoms with Gasteiger partial charge in [-0.05, 0) is 101 Å². The molecule has 4 aliphatic rings. The smallest absolute Gasteiger partial charge is 0.102 e. The van der Waals surface area contributed by atoms with Crippen LogP contribution >= 0.6 is 0 Å². The van der Waals surface area contributed by atoms with Gasteiger partial charge in [-0.15, -0.1) is 0 Å². The summed E-state index contributed by atoms with van der Waals surface area (Å²) in [7, 11) is 0. The Morgan fingerprint density at radius 3 is 2.38 bits per heavy atom. The Morgan fingerprint density at radius 2 is 1.72 bits per heavy atom. The average Bonchev–Trinajstić information content (AvgIpc) is 3.01. The first-order valence-corrected chi connectivity index (χ1v) is 12.6. The minimum absolute atomic E-state index is 0.0904. The number of aliphatic hydroxyl groups excluding tert-OH is 2. The van der Waals surface area contributed by atoms with E-state index in [1.54, 1.807) is 0 Å². The van der Waals surface area contributed by atoms with Gasteiger partial charge in [0.25, 0.3) is 0 Å². The molecule has 0 amide bonds. The quantitative estimate of drug-likeness (QED) is 0.442. The molecule has 4 aliphatic carbocycles. The normalized spacial score (nSPS) is 45.8. The Bertz CT molecular complexity index is 807. The molecule has 4 rings (SSSR count). The van der Waals surface area contributed by atoms with Crippen molar-refractivity contribution in [2.24, 2.45) is 22.7 Å². The van der Waals surface area contributed by atoms with E-state index in [0.717, 1.165) is 31.3 Å². The molecule has 5 N–H and O–H groups in total. The highest BCUT2D eigenvalue weighted by Gasteiger charge is 2.64. The third kappa shape index (κ3) is 3.63. The highest BCUT2D eigenvalue weighted by Crippen LogP contribution is 2.66. The Morgan fingerprint density at radius 1 is 1.03 bits per heavy atom. The second-order valence-electron chi connectivity index (χ2n) is 12.7. The molecule has 5 nitrogen and oxygen atoms in total. The van der Waals surface area contributed by atoms with Crippen molar-refractivity contribution in [3.63, 3.8) is 0 Å². The standard InChI is InChI=1S/C27H44O5/c1-23(2,30)11-6-12-26(5,31)21-8-7-19-18-15-22(29)27(32)16-17(28)9-14-25(27,4)20(18)10-13-24(19,21)3/h7,15,17,20-22,28-32H,6,8-14,16H2,1-5H3/t17-,20-,21-,22-,24-,25+,26-,27-/m0/s1. The Kier molecular flexibility index (Phi) is 5.83. The lowest BCUT2D eigenvalue weighted by atomic mass is 9.46. The zero-order chi connectivity index (χ0) is 23.7. The van der Waals surface area contributed by atoms with E-state index in [-0.39, 0.29) is 23.7 Å². The zero-order valence-electron chi connectivity index (χ0n) is 20.6. The lowest BCUT2D eigenvalue weighted by Crippen LogP contribution is -2.65. The van der Waals surface area contributed by atoms with E-state index in [4.69, 9.17) is 0 Å². The second kappa shape index (κ2) is 7.64. The van der Waals surface area contributed by atoms with Crippen molar-refractivity contribution in [3.8, 4) is 0 Å². The van der Waals surface area contributed by atoms with Crippen LogP contribution in [0.3, 0.4) is 0 Å². The predicted octanol–water partition coefficient (Wildman–Crippen LogP) is 3.62. The van der Waals surface area contributed by atoms with Gasteiger partial charge in [-0.3, -0.25) is 0 Å². The fourth-order valence-electron chi connectivity index (χ4n) is 7.94. The molecular weight excluding hydrogens is 404 g/mol. The van der Waals surface area contributed by atoms with Crippen LogP contribution in [0, 0.1) is 22.7 Å². The molecular formula is C27H44O5. The van der Waals surface area contributed by atoms with Gasteiger partial charge in [0, 0.05) is 17.8 Å². The molecule has 182 valence electrons. The highest BCUT2D eigenvalue weighted by molar-refractivity contribution is 5.49. The van der Waals surface area contributed by atoms with Gasteiger partial charge < -0.3 is 25.5 Å². The fourth-order valence-corrected chi connectivity index (χ4v) is 7.94. The molecule has 32 heavy (non-hydrogen) atoms. The molecule has 2 fully saturated rings. The van der Waals surface area contributed by atoms with Crippen LogP contribution in [0.1, 0.15) is 92.4 Å². The number of rotatable bonds is 5. The SMILES string of the molecule is CC(C)(O)CCC[C@](C)(O)[C@H]1CC=C2C3=C[C@H](O)[C@@]4(O)C[C@@H](O)CC[C@]4(C)[C@H]3CC[C@@]21C. The minimum atomic E-state index is -1.30. The van der Waals surface area contributed by atoms with Crippen LogP contribution in [-0.4, -0.2) is 54.5 Å². The third-order valence-corrected chi connectivity index (χ3v) is 9.93. The number of hydrogen-bond acceptors (Lipinski definition) is 5. The van der Waals surface area contributed by atoms with Crippen LogP contribution < -0.4 is 0 Å². The molecule has 8 atom stereocenters. The van der Waals surface area contributed by atoms with Crippen LogP contribution in [0.2, 0.25) is 0 Å². The number of allylic oxidation sites excluding steroid dienone is 3. The fraction of sp³-hybridized carbons (Fsp3) is 0.852. The van der Waals surface area contributed by atoms with Gasteiger partial charge in [0.1, 0.15) is 11.7 Å². The van der Waals surface area contributed by atoms with Gasteiger partial charge in [0.05, 0.1) is 17.3 Å². The molecule has 0 aromatic carbocycles. The van der Waals surface area contributed by atoms with E-state index in [1.807, 2.05) is 26.8 Å². The lowest BCUT2D eigenvalue weighted by molar-refractivity contribution is -0.207. The predicted molar refractivity (Wildman–Crippen MR) is 125 cm³/mol. The summed E-state index contributed by atoms with van der Waals surface area (Å²) in [4.78, 5) is 0. The van der Waals surface area contributed by atoms with Crippen LogP contribution in [0.4, 0.5) is 0 Å². The van der Waals surface area contributed by atoms with Gasteiger partial charge in [-0.1, -0.05) is 19.9 Å². The maximum Gasteiger partial charge on any atom is 0.102 e. The van der Waals surface area contributed by atoms with Crippen molar-refractivity contribution in [2.45, 2.75) is 121 Å². The van der Waals surface area contributed by atoms with Crippen LogP contribution in [0.5, 0.6) is 0 Å². The Hall–Kier alpha value is -0.720. The summed E-state index contributed by atoms with van der Waals surface area (Å²) in [5.41, 5.74) is -1.09. The average molecular weight is 449 g/mol. The van der Waals surface area contributed by atoms with Crippen molar-refractivity contribution in [3.05, 3.63) is 23.3 Å². The molecule has 0 radical (unpaired) electrons. The molecule has 0 bridgehead atoms. The van der Waals surface area contributed by atoms with E-state index in [2.05, 4.69) is 19.9 Å². The molecule has 0 aliphatic heterocycles. The van der Waals surface area contributed by atoms with E-state index < -0.39 is 34.4 Å². The first kappa shape index (κ1) is 24.4. The van der Waals surface area contributed by atoms with Gasteiger partial charge in [0.15, 0.2) is 0 Å². The molecule has 0 saturated heterocycles. The lowest BCUT2D eigenvalue weighted by Gasteiger charge is -2.61. The molecule has 0 heterocycles. The summed E-state index contributed by atoms with van der Waals surface area (Å²) in [5.74, 6) is 0.245. The summed E-state index contributed by atoms with van der Waals surface area (Å²) in [6.45, 7) is 9.93. The summed E-state index contributed by atoms with van der Waals surface area (Å²) in [5, 5.41) is 54.4. The first-order valence-electron chi connectivity index (χ1n) is 12.6. The van der Waals surface area contributed by atoms with Gasteiger partial charge >= 0.3 is 0 Å². The van der Waals surface area contributed by atoms with Gasteiger partial charge in [-0.25, -0.2) is 0 Å². The van der Waals surface area contributed by atoms with Crippen molar-refractivity contribution in [2.75, 3.05) is 0 Å². The Balaban J connectivity index is 1.61. The van der Waals surface area contributed by atoms with Crippen molar-refractivity contribution < 1.29 is 25.5 Å². The summed E-state index contributed by atoms with van der Waals surface area (Å²) in [6, 6.07) is 0. The zero-order valence-corrected chi connectivity index (χ0v) is 20.6. The summed E-state index contributed by atoms with van der Waals surface area (Å²) in [6.07, 6.45) is 8.89. The minimum Gasteiger partial charge on any atom is -0.393 e. The van der Waals surface area contributed by atoms with Crippen molar-refractivity contribution in [1.82, 2.24) is 0 Å². The number of fused-ring (bicyclic) bond motifs is 5.